The molecule has 21 heavy (non-hydrogen) atoms. The first-order valence-corrected chi connectivity index (χ1v) is 12.3. The SMILES string of the molecule is CSc1cc(C)nc(SCCO[Si](C)(C)C(C)(C)C)c1N. The van der Waals surface area contributed by atoms with Crippen molar-refractivity contribution in [1.82, 2.24) is 4.98 Å². The number of nitrogens with zero attached hydrogens (tertiary/aromatic N) is 1. The zero-order valence-corrected chi connectivity index (χ0v) is 16.9. The third-order valence-corrected chi connectivity index (χ3v) is 10.2. The Morgan fingerprint density at radius 3 is 2.48 bits per heavy atom. The molecule has 1 aromatic heterocycles. The first-order chi connectivity index (χ1) is 9.58. The highest BCUT2D eigenvalue weighted by atomic mass is 32.2. The predicted molar refractivity (Wildman–Crippen MR) is 99.0 cm³/mol. The van der Waals surface area contributed by atoms with E-state index in [-0.39, 0.29) is 5.04 Å². The highest BCUT2D eigenvalue weighted by Crippen LogP contribution is 2.37. The van der Waals surface area contributed by atoms with Crippen molar-refractivity contribution in [3.05, 3.63) is 11.8 Å². The van der Waals surface area contributed by atoms with Crippen LogP contribution in [0.15, 0.2) is 16.0 Å². The number of aromatic nitrogens is 1. The van der Waals surface area contributed by atoms with E-state index in [9.17, 15) is 0 Å². The molecular formula is C15H28N2OS2Si. The number of rotatable bonds is 6. The average molecular weight is 345 g/mol. The van der Waals surface area contributed by atoms with Crippen LogP contribution in [-0.4, -0.2) is 31.9 Å². The summed E-state index contributed by atoms with van der Waals surface area (Å²) in [6.07, 6.45) is 2.04. The highest BCUT2D eigenvalue weighted by Gasteiger charge is 2.36. The Morgan fingerprint density at radius 2 is 1.95 bits per heavy atom. The normalized spacial score (nSPS) is 12.7. The molecule has 0 bridgehead atoms. The van der Waals surface area contributed by atoms with Crippen molar-refractivity contribution in [2.75, 3.05) is 24.3 Å². The first kappa shape index (κ1) is 18.9. The Balaban J connectivity index is 2.60. The number of nitrogen functional groups attached to an aromatic ring is 1. The molecule has 6 heteroatoms. The minimum Gasteiger partial charge on any atom is -0.416 e. The van der Waals surface area contributed by atoms with E-state index in [0.717, 1.165) is 33.7 Å². The number of hydrogen-bond donors (Lipinski definition) is 1. The van der Waals surface area contributed by atoms with Crippen molar-refractivity contribution in [2.45, 2.75) is 55.7 Å². The summed E-state index contributed by atoms with van der Waals surface area (Å²) in [5.41, 5.74) is 7.98. The van der Waals surface area contributed by atoms with Gasteiger partial charge in [-0.05, 0) is 37.4 Å². The van der Waals surface area contributed by atoms with E-state index in [1.54, 1.807) is 23.5 Å². The molecule has 0 fully saturated rings. The predicted octanol–water partition coefficient (Wildman–Crippen LogP) is 4.81. The molecule has 0 saturated heterocycles. The lowest BCUT2D eigenvalue weighted by Gasteiger charge is -2.36. The van der Waals surface area contributed by atoms with Crippen LogP contribution < -0.4 is 5.73 Å². The molecule has 2 N–H and O–H groups in total. The van der Waals surface area contributed by atoms with Gasteiger partial charge in [-0.15, -0.1) is 23.5 Å². The van der Waals surface area contributed by atoms with E-state index in [1.807, 2.05) is 19.2 Å². The van der Waals surface area contributed by atoms with Crippen molar-refractivity contribution in [3.8, 4) is 0 Å². The van der Waals surface area contributed by atoms with E-state index in [1.165, 1.54) is 0 Å². The van der Waals surface area contributed by atoms with Crippen LogP contribution in [0.1, 0.15) is 26.5 Å². The largest absolute Gasteiger partial charge is 0.416 e. The lowest BCUT2D eigenvalue weighted by atomic mass is 10.2. The van der Waals surface area contributed by atoms with Gasteiger partial charge in [-0.1, -0.05) is 20.8 Å². The van der Waals surface area contributed by atoms with Gasteiger partial charge in [0.15, 0.2) is 8.32 Å². The number of nitrogens with two attached hydrogens (primary N) is 1. The number of anilines is 1. The Labute approximate surface area is 139 Å². The molecule has 0 aliphatic rings. The third kappa shape index (κ3) is 5.19. The Morgan fingerprint density at radius 1 is 1.33 bits per heavy atom. The van der Waals surface area contributed by atoms with Crippen LogP contribution in [0.5, 0.6) is 0 Å². The Kier molecular flexibility index (Phi) is 6.65. The third-order valence-electron chi connectivity index (χ3n) is 3.92. The van der Waals surface area contributed by atoms with E-state index in [0.29, 0.717) is 0 Å². The summed E-state index contributed by atoms with van der Waals surface area (Å²) >= 11 is 3.36. The second-order valence-electron chi connectivity index (χ2n) is 6.64. The van der Waals surface area contributed by atoms with Gasteiger partial charge in [-0.3, -0.25) is 0 Å². The van der Waals surface area contributed by atoms with Gasteiger partial charge >= 0.3 is 0 Å². The van der Waals surface area contributed by atoms with E-state index < -0.39 is 8.32 Å². The molecule has 1 rings (SSSR count). The van der Waals surface area contributed by atoms with Gasteiger partial charge in [0.05, 0.1) is 5.69 Å². The fourth-order valence-electron chi connectivity index (χ4n) is 1.56. The summed E-state index contributed by atoms with van der Waals surface area (Å²) in [7, 11) is -1.65. The standard InChI is InChI=1S/C15H28N2OS2Si/c1-11-10-12(19-5)13(16)14(17-11)20-9-8-18-21(6,7)15(2,3)4/h10H,8-9,16H2,1-7H3. The molecule has 0 spiro atoms. The van der Waals surface area contributed by atoms with Crippen LogP contribution in [0.4, 0.5) is 5.69 Å². The van der Waals surface area contributed by atoms with Crippen molar-refractivity contribution in [1.29, 1.82) is 0 Å². The lowest BCUT2D eigenvalue weighted by molar-refractivity contribution is 0.311. The van der Waals surface area contributed by atoms with Crippen molar-refractivity contribution < 1.29 is 4.43 Å². The van der Waals surface area contributed by atoms with Gasteiger partial charge in [0.2, 0.25) is 0 Å². The van der Waals surface area contributed by atoms with Crippen molar-refractivity contribution in [3.63, 3.8) is 0 Å². The molecule has 0 aliphatic heterocycles. The fraction of sp³-hybridized carbons (Fsp3) is 0.667. The molecule has 0 radical (unpaired) electrons. The quantitative estimate of drug-likeness (QED) is 0.456. The van der Waals surface area contributed by atoms with E-state index in [2.05, 4.69) is 38.8 Å². The van der Waals surface area contributed by atoms with Crippen LogP contribution in [0.3, 0.4) is 0 Å². The number of pyridine rings is 1. The van der Waals surface area contributed by atoms with Gasteiger partial charge in [-0.25, -0.2) is 4.98 Å². The summed E-state index contributed by atoms with van der Waals surface area (Å²) in [5.74, 6) is 0.890. The van der Waals surface area contributed by atoms with Crippen LogP contribution in [0.25, 0.3) is 0 Å². The van der Waals surface area contributed by atoms with Crippen LogP contribution in [0.2, 0.25) is 18.1 Å². The summed E-state index contributed by atoms with van der Waals surface area (Å²) in [6.45, 7) is 14.1. The molecule has 120 valence electrons. The molecule has 0 aromatic carbocycles. The maximum atomic E-state index is 6.19. The Hall–Kier alpha value is -0.173. The summed E-state index contributed by atoms with van der Waals surface area (Å²) < 4.78 is 6.19. The molecule has 0 saturated carbocycles. The van der Waals surface area contributed by atoms with E-state index in [4.69, 9.17) is 10.2 Å². The van der Waals surface area contributed by atoms with Crippen LogP contribution >= 0.6 is 23.5 Å². The van der Waals surface area contributed by atoms with Crippen molar-refractivity contribution >= 4 is 37.5 Å². The van der Waals surface area contributed by atoms with Crippen LogP contribution in [-0.2, 0) is 4.43 Å². The van der Waals surface area contributed by atoms with Gasteiger partial charge in [-0.2, -0.15) is 0 Å². The van der Waals surface area contributed by atoms with Crippen molar-refractivity contribution in [2.24, 2.45) is 0 Å². The lowest BCUT2D eigenvalue weighted by Crippen LogP contribution is -2.41. The Bertz CT molecular complexity index is 487. The molecule has 0 unspecified atom stereocenters. The topological polar surface area (TPSA) is 48.1 Å². The molecule has 1 aromatic rings. The smallest absolute Gasteiger partial charge is 0.192 e. The van der Waals surface area contributed by atoms with Gasteiger partial charge in [0, 0.05) is 22.9 Å². The average Bonchev–Trinajstić information content (AvgIpc) is 2.36. The zero-order valence-electron chi connectivity index (χ0n) is 14.2. The summed E-state index contributed by atoms with van der Waals surface area (Å²) in [5, 5.41) is 1.18. The number of aryl methyl sites for hydroxylation is 1. The first-order valence-electron chi connectivity index (χ1n) is 7.16. The summed E-state index contributed by atoms with van der Waals surface area (Å²) in [4.78, 5) is 5.65. The monoisotopic (exact) mass is 344 g/mol. The zero-order chi connectivity index (χ0) is 16.3. The maximum Gasteiger partial charge on any atom is 0.192 e. The maximum absolute atomic E-state index is 6.19. The fourth-order valence-corrected chi connectivity index (χ4v) is 4.25. The molecular weight excluding hydrogens is 316 g/mol. The highest BCUT2D eigenvalue weighted by molar-refractivity contribution is 8.00. The minimum atomic E-state index is -1.65. The van der Waals surface area contributed by atoms with Gasteiger partial charge in [0.25, 0.3) is 0 Å². The van der Waals surface area contributed by atoms with Gasteiger partial charge < -0.3 is 10.2 Å². The number of hydrogen-bond acceptors (Lipinski definition) is 5. The summed E-state index contributed by atoms with van der Waals surface area (Å²) in [6, 6.07) is 2.04. The second kappa shape index (κ2) is 7.40. The molecule has 1 heterocycles. The minimum absolute atomic E-state index is 0.254. The molecule has 0 amide bonds. The van der Waals surface area contributed by atoms with Crippen LogP contribution in [0, 0.1) is 6.92 Å². The number of thioether (sulfide) groups is 2. The second-order valence-corrected chi connectivity index (χ2v) is 13.4. The molecule has 0 aliphatic carbocycles. The van der Waals surface area contributed by atoms with E-state index >= 15 is 0 Å². The van der Waals surface area contributed by atoms with Gasteiger partial charge in [0.1, 0.15) is 5.03 Å². The molecule has 3 nitrogen and oxygen atoms in total. The molecule has 0 atom stereocenters.